The van der Waals surface area contributed by atoms with Crippen molar-refractivity contribution in [3.63, 3.8) is 0 Å². The van der Waals surface area contributed by atoms with E-state index in [4.69, 9.17) is 14.2 Å². The number of rotatable bonds is 10. The van der Waals surface area contributed by atoms with Crippen molar-refractivity contribution in [2.75, 3.05) is 33.4 Å². The van der Waals surface area contributed by atoms with Crippen molar-refractivity contribution in [1.29, 1.82) is 0 Å². The molecule has 0 radical (unpaired) electrons. The maximum absolute atomic E-state index is 13.4. The number of hydrogen-bond donors (Lipinski definition) is 1. The van der Waals surface area contributed by atoms with Crippen LogP contribution in [0.5, 0.6) is 11.5 Å². The topological polar surface area (TPSA) is 88.5 Å². The molecule has 0 saturated carbocycles. The molecular weight excluding hydrogens is 448 g/mol. The molecule has 2 aliphatic rings. The number of hydrogen-bond acceptors (Lipinski definition) is 6. The number of amides is 2. The number of carbonyl (C=O) groups excluding carboxylic acids is 2. The number of nitrogens with zero attached hydrogens (tertiary/aromatic N) is 2. The molecule has 2 saturated heterocycles. The van der Waals surface area contributed by atoms with Crippen LogP contribution in [0.4, 0.5) is 0 Å². The van der Waals surface area contributed by atoms with Crippen molar-refractivity contribution in [3.8, 4) is 11.5 Å². The predicted molar refractivity (Wildman–Crippen MR) is 130 cm³/mol. The van der Waals surface area contributed by atoms with Gasteiger partial charge in [0.05, 0.1) is 32.5 Å². The fraction of sp³-hybridized carbons (Fsp3) is 0.481. The zero-order valence-corrected chi connectivity index (χ0v) is 20.2. The SMILES string of the molecule is COc1ccc(OCC(=O)N2CCC[C@H]2C(=O)N2CCC[C@H]2C(O)COCc2ccccc2)cc1. The molecule has 2 fully saturated rings. The quantitative estimate of drug-likeness (QED) is 0.560. The fourth-order valence-corrected chi connectivity index (χ4v) is 4.86. The van der Waals surface area contributed by atoms with E-state index < -0.39 is 12.1 Å². The van der Waals surface area contributed by atoms with Crippen molar-refractivity contribution in [2.45, 2.75) is 50.5 Å². The van der Waals surface area contributed by atoms with Crippen LogP contribution in [-0.2, 0) is 20.9 Å². The van der Waals surface area contributed by atoms with Crippen molar-refractivity contribution in [2.24, 2.45) is 0 Å². The van der Waals surface area contributed by atoms with Crippen LogP contribution in [0.1, 0.15) is 31.2 Å². The largest absolute Gasteiger partial charge is 0.497 e. The third kappa shape index (κ3) is 6.32. The molecule has 0 bridgehead atoms. The Hall–Kier alpha value is -3.10. The summed E-state index contributed by atoms with van der Waals surface area (Å²) in [7, 11) is 1.59. The highest BCUT2D eigenvalue weighted by Gasteiger charge is 2.41. The molecule has 3 atom stereocenters. The molecule has 188 valence electrons. The van der Waals surface area contributed by atoms with Gasteiger partial charge in [-0.3, -0.25) is 9.59 Å². The molecule has 35 heavy (non-hydrogen) atoms. The maximum atomic E-state index is 13.4. The Morgan fingerprint density at radius 1 is 0.971 bits per heavy atom. The summed E-state index contributed by atoms with van der Waals surface area (Å²) in [6, 6.07) is 16.0. The van der Waals surface area contributed by atoms with Gasteiger partial charge in [0.15, 0.2) is 6.61 Å². The first-order chi connectivity index (χ1) is 17.1. The smallest absolute Gasteiger partial charge is 0.261 e. The van der Waals surface area contributed by atoms with Gasteiger partial charge in [0, 0.05) is 13.1 Å². The Balaban J connectivity index is 1.30. The zero-order valence-electron chi connectivity index (χ0n) is 20.2. The summed E-state index contributed by atoms with van der Waals surface area (Å²) < 4.78 is 16.5. The molecule has 1 unspecified atom stereocenters. The summed E-state index contributed by atoms with van der Waals surface area (Å²) in [5.41, 5.74) is 1.04. The number of aliphatic hydroxyl groups is 1. The van der Waals surface area contributed by atoms with Gasteiger partial charge in [-0.2, -0.15) is 0 Å². The van der Waals surface area contributed by atoms with E-state index in [0.29, 0.717) is 37.6 Å². The standard InChI is InChI=1S/C27H34N2O6/c1-33-21-11-13-22(14-12-21)35-19-26(31)28-15-6-10-24(28)27(32)29-16-5-9-23(29)25(30)18-34-17-20-7-3-2-4-8-20/h2-4,7-8,11-14,23-25,30H,5-6,9-10,15-19H2,1H3/t23-,24-,25?/m0/s1. The lowest BCUT2D eigenvalue weighted by molar-refractivity contribution is -0.147. The molecule has 4 rings (SSSR count). The summed E-state index contributed by atoms with van der Waals surface area (Å²) in [6.45, 7) is 1.56. The van der Waals surface area contributed by atoms with Crippen LogP contribution in [0.25, 0.3) is 0 Å². The predicted octanol–water partition coefficient (Wildman–Crippen LogP) is 2.63. The molecule has 8 heteroatoms. The number of methoxy groups -OCH3 is 1. The summed E-state index contributed by atoms with van der Waals surface area (Å²) in [5.74, 6) is 0.977. The number of aliphatic hydroxyl groups excluding tert-OH is 1. The van der Waals surface area contributed by atoms with Gasteiger partial charge in [-0.25, -0.2) is 0 Å². The Labute approximate surface area is 206 Å². The Kier molecular flexibility index (Phi) is 8.60. The van der Waals surface area contributed by atoms with Crippen molar-refractivity contribution in [3.05, 3.63) is 60.2 Å². The number of benzene rings is 2. The van der Waals surface area contributed by atoms with Crippen molar-refractivity contribution < 1.29 is 28.9 Å². The van der Waals surface area contributed by atoms with Gasteiger partial charge in [0.1, 0.15) is 17.5 Å². The molecule has 2 aromatic rings. The lowest BCUT2D eigenvalue weighted by atomic mass is 10.1. The van der Waals surface area contributed by atoms with E-state index in [1.54, 1.807) is 41.2 Å². The molecule has 2 heterocycles. The number of carbonyl (C=O) groups is 2. The van der Waals surface area contributed by atoms with Gasteiger partial charge < -0.3 is 29.1 Å². The average molecular weight is 483 g/mol. The second-order valence-corrected chi connectivity index (χ2v) is 9.02. The third-order valence-corrected chi connectivity index (χ3v) is 6.71. The Bertz CT molecular complexity index is 967. The first kappa shape index (κ1) is 25.0. The van der Waals surface area contributed by atoms with Crippen LogP contribution >= 0.6 is 0 Å². The zero-order chi connectivity index (χ0) is 24.6. The lowest BCUT2D eigenvalue weighted by Crippen LogP contribution is -2.53. The first-order valence-corrected chi connectivity index (χ1v) is 12.2. The second kappa shape index (κ2) is 12.0. The fourth-order valence-electron chi connectivity index (χ4n) is 4.86. The minimum Gasteiger partial charge on any atom is -0.497 e. The normalized spacial score (nSPS) is 20.6. The van der Waals surface area contributed by atoms with E-state index in [9.17, 15) is 14.7 Å². The summed E-state index contributed by atoms with van der Waals surface area (Å²) in [6.07, 6.45) is 2.17. The summed E-state index contributed by atoms with van der Waals surface area (Å²) in [5, 5.41) is 10.8. The van der Waals surface area contributed by atoms with Crippen LogP contribution in [-0.4, -0.2) is 78.3 Å². The molecule has 2 amide bonds. The van der Waals surface area contributed by atoms with Crippen LogP contribution in [0.2, 0.25) is 0 Å². The minimum absolute atomic E-state index is 0.0927. The molecule has 2 aromatic carbocycles. The Morgan fingerprint density at radius 2 is 1.66 bits per heavy atom. The van der Waals surface area contributed by atoms with E-state index in [2.05, 4.69) is 0 Å². The van der Waals surface area contributed by atoms with E-state index >= 15 is 0 Å². The average Bonchev–Trinajstić information content (AvgIpc) is 3.58. The number of ether oxygens (including phenoxy) is 3. The van der Waals surface area contributed by atoms with Crippen LogP contribution in [0.3, 0.4) is 0 Å². The second-order valence-electron chi connectivity index (χ2n) is 9.02. The van der Waals surface area contributed by atoms with Gasteiger partial charge in [0.25, 0.3) is 5.91 Å². The Morgan fingerprint density at radius 3 is 2.40 bits per heavy atom. The molecule has 0 aliphatic carbocycles. The first-order valence-electron chi connectivity index (χ1n) is 12.2. The van der Waals surface area contributed by atoms with Crippen LogP contribution in [0, 0.1) is 0 Å². The highest BCUT2D eigenvalue weighted by molar-refractivity contribution is 5.89. The van der Waals surface area contributed by atoms with E-state index in [1.807, 2.05) is 30.3 Å². The maximum Gasteiger partial charge on any atom is 0.261 e. The minimum atomic E-state index is -0.769. The van der Waals surface area contributed by atoms with Crippen LogP contribution < -0.4 is 9.47 Å². The van der Waals surface area contributed by atoms with E-state index in [0.717, 1.165) is 24.8 Å². The summed E-state index contributed by atoms with van der Waals surface area (Å²) in [4.78, 5) is 29.7. The molecule has 1 N–H and O–H groups in total. The van der Waals surface area contributed by atoms with E-state index in [-0.39, 0.29) is 31.1 Å². The van der Waals surface area contributed by atoms with Gasteiger partial charge in [0.2, 0.25) is 5.91 Å². The van der Waals surface area contributed by atoms with Gasteiger partial charge in [-0.05, 0) is 55.5 Å². The molecule has 8 nitrogen and oxygen atoms in total. The van der Waals surface area contributed by atoms with Gasteiger partial charge >= 0.3 is 0 Å². The molecule has 2 aliphatic heterocycles. The molecular formula is C27H34N2O6. The highest BCUT2D eigenvalue weighted by Crippen LogP contribution is 2.27. The van der Waals surface area contributed by atoms with Crippen molar-refractivity contribution in [1.82, 2.24) is 9.80 Å². The van der Waals surface area contributed by atoms with Crippen molar-refractivity contribution >= 4 is 11.8 Å². The van der Waals surface area contributed by atoms with Crippen LogP contribution in [0.15, 0.2) is 54.6 Å². The van der Waals surface area contributed by atoms with E-state index in [1.165, 1.54) is 0 Å². The molecule has 0 spiro atoms. The highest BCUT2D eigenvalue weighted by atomic mass is 16.5. The van der Waals surface area contributed by atoms with Gasteiger partial charge in [-0.15, -0.1) is 0 Å². The monoisotopic (exact) mass is 482 g/mol. The number of likely N-dealkylation sites (tertiary alicyclic amines) is 2. The third-order valence-electron chi connectivity index (χ3n) is 6.71. The van der Waals surface area contributed by atoms with Gasteiger partial charge in [-0.1, -0.05) is 30.3 Å². The molecule has 0 aromatic heterocycles. The lowest BCUT2D eigenvalue weighted by Gasteiger charge is -2.33. The summed E-state index contributed by atoms with van der Waals surface area (Å²) >= 11 is 0.